The number of hydrogen-bond acceptors (Lipinski definition) is 5. The number of rotatable bonds is 2. The van der Waals surface area contributed by atoms with E-state index in [4.69, 9.17) is 5.73 Å². The Morgan fingerprint density at radius 2 is 1.96 bits per heavy atom. The number of aromatic nitrogens is 2. The molecule has 136 valence electrons. The van der Waals surface area contributed by atoms with Gasteiger partial charge < -0.3 is 16.4 Å². The summed E-state index contributed by atoms with van der Waals surface area (Å²) in [6, 6.07) is 9.08. The molecule has 2 fully saturated rings. The van der Waals surface area contributed by atoms with E-state index in [-0.39, 0.29) is 0 Å². The van der Waals surface area contributed by atoms with Gasteiger partial charge in [0.2, 0.25) is 5.95 Å². The summed E-state index contributed by atoms with van der Waals surface area (Å²) in [5.41, 5.74) is 11.0. The van der Waals surface area contributed by atoms with Gasteiger partial charge in [-0.15, -0.1) is 0 Å². The topological polar surface area (TPSA) is 75.9 Å². The minimum Gasteiger partial charge on any atom is -0.368 e. The van der Waals surface area contributed by atoms with Crippen molar-refractivity contribution < 1.29 is 0 Å². The van der Waals surface area contributed by atoms with Gasteiger partial charge in [0.05, 0.1) is 5.69 Å². The summed E-state index contributed by atoms with van der Waals surface area (Å²) in [4.78, 5) is 9.29. The maximum atomic E-state index is 6.13. The smallest absolute Gasteiger partial charge is 0.222 e. The number of fused-ring (bicyclic) bond motifs is 4. The van der Waals surface area contributed by atoms with Gasteiger partial charge >= 0.3 is 0 Å². The monoisotopic (exact) mass is 349 g/mol. The molecule has 0 radical (unpaired) electrons. The number of nitrogens with two attached hydrogens (primary N) is 1. The lowest BCUT2D eigenvalue weighted by atomic mass is 9.78. The van der Waals surface area contributed by atoms with Crippen LogP contribution < -0.4 is 16.4 Å². The van der Waals surface area contributed by atoms with E-state index in [0.717, 1.165) is 43.2 Å². The van der Waals surface area contributed by atoms with Crippen LogP contribution in [0.5, 0.6) is 0 Å². The first-order chi connectivity index (χ1) is 12.8. The van der Waals surface area contributed by atoms with Crippen LogP contribution in [-0.2, 0) is 12.8 Å². The van der Waals surface area contributed by atoms with Crippen molar-refractivity contribution in [3.05, 3.63) is 35.4 Å². The fourth-order valence-electron chi connectivity index (χ4n) is 5.21. The summed E-state index contributed by atoms with van der Waals surface area (Å²) in [6.07, 6.45) is 7.09. The minimum absolute atomic E-state index is 0.375. The second-order valence-electron chi connectivity index (χ2n) is 8.03. The zero-order valence-corrected chi connectivity index (χ0v) is 15.2. The molecule has 1 saturated heterocycles. The highest BCUT2D eigenvalue weighted by atomic mass is 15.1. The predicted molar refractivity (Wildman–Crippen MR) is 105 cm³/mol. The van der Waals surface area contributed by atoms with Crippen molar-refractivity contribution in [1.82, 2.24) is 15.3 Å². The molecule has 5 nitrogen and oxygen atoms in total. The summed E-state index contributed by atoms with van der Waals surface area (Å²) in [6.45, 7) is 2.29. The van der Waals surface area contributed by atoms with Crippen LogP contribution in [0.4, 0.5) is 11.8 Å². The fraction of sp³-hybridized carbons (Fsp3) is 0.524. The summed E-state index contributed by atoms with van der Waals surface area (Å²) in [5.74, 6) is 2.86. The Bertz CT molecular complexity index is 818. The van der Waals surface area contributed by atoms with Crippen LogP contribution >= 0.6 is 0 Å². The summed E-state index contributed by atoms with van der Waals surface area (Å²) >= 11 is 0. The van der Waals surface area contributed by atoms with Gasteiger partial charge in [-0.2, -0.15) is 4.98 Å². The molecule has 0 amide bonds. The Morgan fingerprint density at radius 1 is 1.04 bits per heavy atom. The van der Waals surface area contributed by atoms with E-state index >= 15 is 0 Å². The maximum absolute atomic E-state index is 6.13. The van der Waals surface area contributed by atoms with Gasteiger partial charge in [0.15, 0.2) is 0 Å². The standard InChI is InChI=1S/C21H27N5/c22-21-25-19-15-8-2-1-5-13(15)6-3-9-16(19)20(26-21)24-18-10-4-7-14-11-23-12-17(14)18/h1-2,5,8,14,17-18,23H,3-4,6-7,9-12H2,(H3,22,24,25,26). The van der Waals surface area contributed by atoms with Crippen LogP contribution in [0.3, 0.4) is 0 Å². The van der Waals surface area contributed by atoms with Gasteiger partial charge in [0.1, 0.15) is 5.82 Å². The number of nitrogens with one attached hydrogen (secondary N) is 2. The number of hydrogen-bond donors (Lipinski definition) is 3. The normalized spacial score (nSPS) is 27.2. The Balaban J connectivity index is 1.54. The molecule has 3 atom stereocenters. The van der Waals surface area contributed by atoms with Crippen LogP contribution in [0.2, 0.25) is 0 Å². The molecule has 26 heavy (non-hydrogen) atoms. The van der Waals surface area contributed by atoms with Crippen molar-refractivity contribution in [3.63, 3.8) is 0 Å². The molecular weight excluding hydrogens is 322 g/mol. The van der Waals surface area contributed by atoms with Crippen LogP contribution in [0.25, 0.3) is 11.3 Å². The third kappa shape index (κ3) is 2.75. The highest BCUT2D eigenvalue weighted by Crippen LogP contribution is 2.38. The van der Waals surface area contributed by atoms with E-state index in [9.17, 15) is 0 Å². The van der Waals surface area contributed by atoms with E-state index < -0.39 is 0 Å². The highest BCUT2D eigenvalue weighted by Gasteiger charge is 2.37. The van der Waals surface area contributed by atoms with E-state index in [0.29, 0.717) is 17.9 Å². The molecule has 1 saturated carbocycles. The molecule has 2 aromatic rings. The summed E-state index contributed by atoms with van der Waals surface area (Å²) in [7, 11) is 0. The average molecular weight is 349 g/mol. The molecule has 5 heteroatoms. The predicted octanol–water partition coefficient (Wildman–Crippen LogP) is 3.01. The third-order valence-corrected chi connectivity index (χ3v) is 6.49. The SMILES string of the molecule is Nc1nc(NC2CCCC3CNCC32)c2c(n1)-c1ccccc1CCC2. The van der Waals surface area contributed by atoms with Crippen LogP contribution in [0, 0.1) is 11.8 Å². The van der Waals surface area contributed by atoms with Crippen molar-refractivity contribution in [2.24, 2.45) is 11.8 Å². The van der Waals surface area contributed by atoms with Gasteiger partial charge in [-0.05, 0) is 56.0 Å². The molecule has 3 unspecified atom stereocenters. The average Bonchev–Trinajstić information content (AvgIpc) is 3.06. The molecular formula is C21H27N5. The quantitative estimate of drug-likeness (QED) is 0.777. The van der Waals surface area contributed by atoms with Gasteiger partial charge in [-0.3, -0.25) is 0 Å². The second kappa shape index (κ2) is 6.54. The van der Waals surface area contributed by atoms with E-state index in [2.05, 4.69) is 44.9 Å². The third-order valence-electron chi connectivity index (χ3n) is 6.49. The first-order valence-electron chi connectivity index (χ1n) is 10.0. The van der Waals surface area contributed by atoms with Crippen LogP contribution in [0.1, 0.15) is 36.8 Å². The number of nitrogen functional groups attached to an aromatic ring is 1. The van der Waals surface area contributed by atoms with Crippen LogP contribution in [-0.4, -0.2) is 29.1 Å². The molecule has 3 aliphatic rings. The maximum Gasteiger partial charge on any atom is 0.222 e. The summed E-state index contributed by atoms with van der Waals surface area (Å²) < 4.78 is 0. The van der Waals surface area contributed by atoms with E-state index in [1.807, 2.05) is 0 Å². The zero-order valence-electron chi connectivity index (χ0n) is 15.2. The molecule has 0 spiro atoms. The summed E-state index contributed by atoms with van der Waals surface area (Å²) in [5, 5.41) is 7.39. The minimum atomic E-state index is 0.375. The largest absolute Gasteiger partial charge is 0.368 e. The van der Waals surface area contributed by atoms with Gasteiger partial charge in [-0.25, -0.2) is 4.98 Å². The first-order valence-corrected chi connectivity index (χ1v) is 10.0. The molecule has 1 aromatic heterocycles. The van der Waals surface area contributed by atoms with Gasteiger partial charge in [-0.1, -0.05) is 30.7 Å². The molecule has 0 bridgehead atoms. The number of nitrogens with zero attached hydrogens (tertiary/aromatic N) is 2. The lowest BCUT2D eigenvalue weighted by molar-refractivity contribution is 0.273. The molecule has 5 rings (SSSR count). The highest BCUT2D eigenvalue weighted by molar-refractivity contribution is 5.73. The fourth-order valence-corrected chi connectivity index (χ4v) is 5.21. The van der Waals surface area contributed by atoms with Crippen molar-refractivity contribution in [2.75, 3.05) is 24.1 Å². The van der Waals surface area contributed by atoms with Gasteiger partial charge in [0, 0.05) is 23.7 Å². The molecule has 4 N–H and O–H groups in total. The number of anilines is 2. The number of benzene rings is 1. The molecule has 2 aliphatic carbocycles. The Kier molecular flexibility index (Phi) is 4.04. The number of aryl methyl sites for hydroxylation is 1. The second-order valence-corrected chi connectivity index (χ2v) is 8.03. The van der Waals surface area contributed by atoms with Crippen molar-refractivity contribution >= 4 is 11.8 Å². The Hall–Kier alpha value is -2.14. The van der Waals surface area contributed by atoms with E-state index in [1.54, 1.807) is 0 Å². The Morgan fingerprint density at radius 3 is 2.92 bits per heavy atom. The van der Waals surface area contributed by atoms with Crippen LogP contribution in [0.15, 0.2) is 24.3 Å². The lowest BCUT2D eigenvalue weighted by Gasteiger charge is -2.34. The van der Waals surface area contributed by atoms with Gasteiger partial charge in [0.25, 0.3) is 0 Å². The first kappa shape index (κ1) is 16.1. The van der Waals surface area contributed by atoms with Crippen molar-refractivity contribution in [3.8, 4) is 11.3 Å². The molecule has 1 aromatic carbocycles. The molecule has 1 aliphatic heterocycles. The lowest BCUT2D eigenvalue weighted by Crippen LogP contribution is -2.38. The molecule has 2 heterocycles. The zero-order chi connectivity index (χ0) is 17.5. The Labute approximate surface area is 154 Å². The van der Waals surface area contributed by atoms with Crippen molar-refractivity contribution in [1.29, 1.82) is 0 Å². The van der Waals surface area contributed by atoms with E-state index in [1.165, 1.54) is 42.5 Å². The van der Waals surface area contributed by atoms with Crippen molar-refractivity contribution in [2.45, 2.75) is 44.6 Å².